The maximum atomic E-state index is 12.7. The number of carbonyl (C=O) groups is 1. The van der Waals surface area contributed by atoms with Crippen molar-refractivity contribution in [2.24, 2.45) is 0 Å². The summed E-state index contributed by atoms with van der Waals surface area (Å²) in [5.74, 6) is -1.82. The van der Waals surface area contributed by atoms with Crippen molar-refractivity contribution in [3.8, 4) is 0 Å². The van der Waals surface area contributed by atoms with Crippen molar-refractivity contribution in [3.63, 3.8) is 0 Å². The van der Waals surface area contributed by atoms with E-state index in [4.69, 9.17) is 6.57 Å². The van der Waals surface area contributed by atoms with Gasteiger partial charge in [0, 0.05) is 18.5 Å². The van der Waals surface area contributed by atoms with Crippen LogP contribution < -0.4 is 0 Å². The van der Waals surface area contributed by atoms with Gasteiger partial charge in [0.1, 0.15) is 0 Å². The first-order chi connectivity index (χ1) is 9.91. The molecule has 21 heavy (non-hydrogen) atoms. The lowest BCUT2D eigenvalue weighted by atomic mass is 9.88. The van der Waals surface area contributed by atoms with E-state index in [1.807, 2.05) is 0 Å². The van der Waals surface area contributed by atoms with E-state index in [-0.39, 0.29) is 12.5 Å². The molecule has 0 radical (unpaired) electrons. The van der Waals surface area contributed by atoms with Crippen LogP contribution in [0.1, 0.15) is 29.9 Å². The van der Waals surface area contributed by atoms with Crippen LogP contribution in [0.15, 0.2) is 18.2 Å². The molecule has 3 nitrogen and oxygen atoms in total. The number of halogens is 3. The van der Waals surface area contributed by atoms with Crippen LogP contribution in [0.25, 0.3) is 4.85 Å². The molecule has 1 saturated heterocycles. The lowest BCUT2D eigenvalue weighted by Gasteiger charge is -2.38. The van der Waals surface area contributed by atoms with E-state index in [0.717, 1.165) is 22.4 Å². The zero-order chi connectivity index (χ0) is 15.2. The number of carbonyl (C=O) groups excluding carboxylic acids is 1. The molecule has 0 aromatic heterocycles. The largest absolute Gasteiger partial charge is 0.471 e. The van der Waals surface area contributed by atoms with Gasteiger partial charge < -0.3 is 4.90 Å². The molecule has 1 aliphatic carbocycles. The summed E-state index contributed by atoms with van der Waals surface area (Å²) in [5, 5.41) is 0. The van der Waals surface area contributed by atoms with E-state index in [1.165, 1.54) is 0 Å². The number of piperidine rings is 1. The molecule has 2 atom stereocenters. The second-order valence-electron chi connectivity index (χ2n) is 5.51. The number of nitrogens with zero attached hydrogens (tertiary/aromatic N) is 2. The molecule has 6 heteroatoms. The van der Waals surface area contributed by atoms with Gasteiger partial charge in [-0.2, -0.15) is 13.2 Å². The highest BCUT2D eigenvalue weighted by Crippen LogP contribution is 2.44. The fourth-order valence-electron chi connectivity index (χ4n) is 3.50. The van der Waals surface area contributed by atoms with Gasteiger partial charge >= 0.3 is 12.1 Å². The summed E-state index contributed by atoms with van der Waals surface area (Å²) in [7, 11) is 0. The normalized spacial score (nSPS) is 24.2. The molecule has 1 unspecified atom stereocenters. The third-order valence-corrected chi connectivity index (χ3v) is 4.37. The highest BCUT2D eigenvalue weighted by molar-refractivity contribution is 5.82. The molecule has 1 aromatic rings. The van der Waals surface area contributed by atoms with Crippen molar-refractivity contribution in [2.45, 2.75) is 37.4 Å². The monoisotopic (exact) mass is 294 g/mol. The van der Waals surface area contributed by atoms with Crippen LogP contribution in [0.3, 0.4) is 0 Å². The average molecular weight is 294 g/mol. The number of amides is 1. The average Bonchev–Trinajstić information content (AvgIpc) is 2.83. The number of hydrogen-bond acceptors (Lipinski definition) is 1. The zero-order valence-corrected chi connectivity index (χ0v) is 11.2. The third-order valence-electron chi connectivity index (χ3n) is 4.37. The third kappa shape index (κ3) is 2.27. The van der Waals surface area contributed by atoms with Gasteiger partial charge in [0.05, 0.1) is 6.57 Å². The standard InChI is InChI=1S/C15H13F3N2O/c1-19-10-5-4-9-7-13-11(12(9)8-10)3-2-6-20(13)14(21)15(16,17)18/h4-5,8,11,13H,2-3,6-7H2/t11?,13-/m0/s1. The van der Waals surface area contributed by atoms with Crippen molar-refractivity contribution < 1.29 is 18.0 Å². The molecule has 0 saturated carbocycles. The molecule has 0 N–H and O–H groups in total. The summed E-state index contributed by atoms with van der Waals surface area (Å²) < 4.78 is 38.1. The Morgan fingerprint density at radius 3 is 2.81 bits per heavy atom. The number of hydrogen-bond donors (Lipinski definition) is 0. The van der Waals surface area contributed by atoms with Crippen molar-refractivity contribution >= 4 is 11.6 Å². The minimum absolute atomic E-state index is 0.0817. The van der Waals surface area contributed by atoms with Gasteiger partial charge in [0.25, 0.3) is 0 Å². The van der Waals surface area contributed by atoms with E-state index in [0.29, 0.717) is 18.5 Å². The number of fused-ring (bicyclic) bond motifs is 3. The van der Waals surface area contributed by atoms with E-state index >= 15 is 0 Å². The van der Waals surface area contributed by atoms with Crippen LogP contribution >= 0.6 is 0 Å². The van der Waals surface area contributed by atoms with Gasteiger partial charge in [-0.25, -0.2) is 4.85 Å². The quantitative estimate of drug-likeness (QED) is 0.673. The minimum Gasteiger partial charge on any atom is -0.331 e. The highest BCUT2D eigenvalue weighted by Gasteiger charge is 2.49. The van der Waals surface area contributed by atoms with Crippen molar-refractivity contribution in [1.82, 2.24) is 4.90 Å². The molecule has 110 valence electrons. The molecule has 1 aromatic carbocycles. The molecule has 1 amide bonds. The number of benzene rings is 1. The Balaban J connectivity index is 1.93. The summed E-state index contributed by atoms with van der Waals surface area (Å²) in [6.07, 6.45) is -3.05. The first-order valence-electron chi connectivity index (χ1n) is 6.80. The van der Waals surface area contributed by atoms with E-state index in [1.54, 1.807) is 18.2 Å². The first kappa shape index (κ1) is 13.9. The van der Waals surface area contributed by atoms with Gasteiger partial charge in [-0.1, -0.05) is 23.8 Å². The summed E-state index contributed by atoms with van der Waals surface area (Å²) in [5.41, 5.74) is 2.39. The molecule has 1 heterocycles. The summed E-state index contributed by atoms with van der Waals surface area (Å²) in [6.45, 7) is 7.20. The molecule has 0 bridgehead atoms. The number of rotatable bonds is 0. The van der Waals surface area contributed by atoms with Gasteiger partial charge in [0.15, 0.2) is 5.69 Å². The Morgan fingerprint density at radius 1 is 1.38 bits per heavy atom. The second kappa shape index (κ2) is 4.76. The van der Waals surface area contributed by atoms with Gasteiger partial charge in [-0.15, -0.1) is 0 Å². The maximum Gasteiger partial charge on any atom is 0.471 e. The predicted molar refractivity (Wildman–Crippen MR) is 69.9 cm³/mol. The van der Waals surface area contributed by atoms with Crippen molar-refractivity contribution in [3.05, 3.63) is 40.7 Å². The highest BCUT2D eigenvalue weighted by atomic mass is 19.4. The maximum absolute atomic E-state index is 12.7. The first-order valence-corrected chi connectivity index (χ1v) is 6.80. The van der Waals surface area contributed by atoms with Crippen LogP contribution in [0.4, 0.5) is 18.9 Å². The van der Waals surface area contributed by atoms with E-state index in [2.05, 4.69) is 4.85 Å². The summed E-state index contributed by atoms with van der Waals surface area (Å²) >= 11 is 0. The lowest BCUT2D eigenvalue weighted by molar-refractivity contribution is -0.189. The Hall–Kier alpha value is -2.03. The van der Waals surface area contributed by atoms with Crippen LogP contribution in [0.2, 0.25) is 0 Å². The smallest absolute Gasteiger partial charge is 0.331 e. The van der Waals surface area contributed by atoms with Gasteiger partial charge in [-0.3, -0.25) is 4.79 Å². The molecule has 1 aliphatic heterocycles. The molecular weight excluding hydrogens is 281 g/mol. The van der Waals surface area contributed by atoms with Gasteiger partial charge in [0.2, 0.25) is 0 Å². The molecular formula is C15H13F3N2O. The van der Waals surface area contributed by atoms with Crippen LogP contribution in [0.5, 0.6) is 0 Å². The molecule has 0 spiro atoms. The van der Waals surface area contributed by atoms with E-state index < -0.39 is 18.1 Å². The fourth-order valence-corrected chi connectivity index (χ4v) is 3.50. The minimum atomic E-state index is -4.82. The Morgan fingerprint density at radius 2 is 2.14 bits per heavy atom. The van der Waals surface area contributed by atoms with Crippen LogP contribution in [-0.4, -0.2) is 29.6 Å². The fraction of sp³-hybridized carbons (Fsp3) is 0.467. The topological polar surface area (TPSA) is 24.7 Å². The van der Waals surface area contributed by atoms with Crippen LogP contribution in [-0.2, 0) is 11.2 Å². The molecule has 3 rings (SSSR count). The molecule has 1 fully saturated rings. The van der Waals surface area contributed by atoms with Crippen molar-refractivity contribution in [2.75, 3.05) is 6.54 Å². The Labute approximate surface area is 120 Å². The van der Waals surface area contributed by atoms with Crippen LogP contribution in [0, 0.1) is 6.57 Å². The van der Waals surface area contributed by atoms with E-state index in [9.17, 15) is 18.0 Å². The number of likely N-dealkylation sites (tertiary alicyclic amines) is 1. The number of alkyl halides is 3. The zero-order valence-electron chi connectivity index (χ0n) is 11.2. The second-order valence-corrected chi connectivity index (χ2v) is 5.51. The Kier molecular flexibility index (Phi) is 3.16. The summed E-state index contributed by atoms with van der Waals surface area (Å²) in [6, 6.07) is 4.81. The SMILES string of the molecule is [C-]#[N+]c1ccc2c(c1)C1CCCN(C(=O)C(F)(F)F)[C@H]1C2. The Bertz CT molecular complexity index is 633. The lowest BCUT2D eigenvalue weighted by Crippen LogP contribution is -2.51. The van der Waals surface area contributed by atoms with Crippen molar-refractivity contribution in [1.29, 1.82) is 0 Å². The molecule has 2 aliphatic rings. The summed E-state index contributed by atoms with van der Waals surface area (Å²) in [4.78, 5) is 15.9. The predicted octanol–water partition coefficient (Wildman–Crippen LogP) is 3.43. The van der Waals surface area contributed by atoms with Gasteiger partial charge in [-0.05, 0) is 24.8 Å².